The minimum absolute atomic E-state index is 0.284. The topological polar surface area (TPSA) is 22.1 Å². The molecule has 1 heterocycles. The maximum atomic E-state index is 5.93. The molecule has 0 amide bonds. The molecule has 0 saturated carbocycles. The lowest BCUT2D eigenvalue weighted by Gasteiger charge is -2.16. The Morgan fingerprint density at radius 1 is 1.39 bits per heavy atom. The van der Waals surface area contributed by atoms with E-state index in [2.05, 4.69) is 50.0 Å². The van der Waals surface area contributed by atoms with Gasteiger partial charge in [-0.1, -0.05) is 55.2 Å². The summed E-state index contributed by atoms with van der Waals surface area (Å²) in [5.41, 5.74) is 2.56. The predicted molar refractivity (Wildman–Crippen MR) is 110 cm³/mol. The zero-order valence-corrected chi connectivity index (χ0v) is 16.8. The van der Waals surface area contributed by atoms with Gasteiger partial charge in [0.05, 0.1) is 10.2 Å². The van der Waals surface area contributed by atoms with E-state index in [4.69, 9.17) is 4.52 Å². The van der Waals surface area contributed by atoms with Crippen molar-refractivity contribution in [2.75, 3.05) is 18.5 Å². The Kier molecular flexibility index (Phi) is 8.67. The highest BCUT2D eigenvalue weighted by atomic mass is 32.2. The van der Waals surface area contributed by atoms with E-state index in [-0.39, 0.29) is 8.03 Å². The van der Waals surface area contributed by atoms with Gasteiger partial charge in [0.2, 0.25) is 0 Å². The zero-order chi connectivity index (χ0) is 16.5. The van der Waals surface area contributed by atoms with E-state index < -0.39 is 0 Å². The highest BCUT2D eigenvalue weighted by molar-refractivity contribution is 8.01. The molecule has 6 heteroatoms. The van der Waals surface area contributed by atoms with Crippen molar-refractivity contribution < 1.29 is 4.52 Å². The largest absolute Gasteiger partial charge is 0.369 e. The Morgan fingerprint density at radius 2 is 2.22 bits per heavy atom. The Bertz CT molecular complexity index is 599. The minimum Gasteiger partial charge on any atom is -0.369 e. The third-order valence-electron chi connectivity index (χ3n) is 3.41. The van der Waals surface area contributed by atoms with E-state index in [9.17, 15) is 0 Å². The van der Waals surface area contributed by atoms with Gasteiger partial charge in [-0.25, -0.2) is 4.98 Å². The van der Waals surface area contributed by atoms with Crippen LogP contribution in [0, 0.1) is 0 Å². The summed E-state index contributed by atoms with van der Waals surface area (Å²) in [5, 5.41) is 0. The van der Waals surface area contributed by atoms with E-state index >= 15 is 0 Å². The van der Waals surface area contributed by atoms with Gasteiger partial charge in [-0.15, -0.1) is 11.3 Å². The molecule has 0 aliphatic rings. The van der Waals surface area contributed by atoms with Crippen molar-refractivity contribution in [2.24, 2.45) is 0 Å². The van der Waals surface area contributed by atoms with Crippen LogP contribution in [0.5, 0.6) is 0 Å². The van der Waals surface area contributed by atoms with Gasteiger partial charge in [0.15, 0.2) is 11.3 Å². The molecule has 2 rings (SSSR count). The van der Waals surface area contributed by atoms with Gasteiger partial charge in [-0.2, -0.15) is 0 Å². The third kappa shape index (κ3) is 6.58. The summed E-state index contributed by atoms with van der Waals surface area (Å²) in [5.74, 6) is 0.995. The maximum absolute atomic E-state index is 5.93. The van der Waals surface area contributed by atoms with Crippen molar-refractivity contribution in [3.8, 4) is 0 Å². The Morgan fingerprint density at radius 3 is 2.96 bits per heavy atom. The molecule has 0 aliphatic heterocycles. The molecular formula is C17H25BNOPS2. The SMILES string of the molecule is CCCBP(C/C(C)=C/CSc1nc2ccccc2s1)OCC. The number of rotatable bonds is 10. The highest BCUT2D eigenvalue weighted by Crippen LogP contribution is 2.38. The van der Waals surface area contributed by atoms with E-state index in [0.717, 1.165) is 28.4 Å². The lowest BCUT2D eigenvalue weighted by atomic mass is 10.0. The molecule has 1 atom stereocenters. The molecule has 0 spiro atoms. The van der Waals surface area contributed by atoms with E-state index in [0.29, 0.717) is 0 Å². The molecule has 0 aliphatic carbocycles. The van der Waals surface area contributed by atoms with Gasteiger partial charge in [-0.3, -0.25) is 0 Å². The smallest absolute Gasteiger partial charge is 0.187 e. The highest BCUT2D eigenvalue weighted by Gasteiger charge is 2.10. The van der Waals surface area contributed by atoms with Gasteiger partial charge in [0.25, 0.3) is 0 Å². The number of para-hydroxylation sites is 1. The number of hydrogen-bond acceptors (Lipinski definition) is 4. The summed E-state index contributed by atoms with van der Waals surface area (Å²) in [6.07, 6.45) is 5.99. The van der Waals surface area contributed by atoms with Crippen LogP contribution in [0.1, 0.15) is 27.2 Å². The van der Waals surface area contributed by atoms with Crippen LogP contribution in [0.15, 0.2) is 40.3 Å². The summed E-state index contributed by atoms with van der Waals surface area (Å²) < 4.78 is 8.36. The fraction of sp³-hybridized carbons (Fsp3) is 0.471. The van der Waals surface area contributed by atoms with Crippen molar-refractivity contribution >= 4 is 48.3 Å². The van der Waals surface area contributed by atoms with Crippen molar-refractivity contribution in [1.29, 1.82) is 0 Å². The summed E-state index contributed by atoms with van der Waals surface area (Å²) in [6, 6.07) is 8.35. The van der Waals surface area contributed by atoms with Crippen molar-refractivity contribution in [3.63, 3.8) is 0 Å². The molecule has 1 unspecified atom stereocenters. The number of thioether (sulfide) groups is 1. The van der Waals surface area contributed by atoms with Gasteiger partial charge >= 0.3 is 0 Å². The second-order valence-corrected chi connectivity index (χ2v) is 9.73. The average Bonchev–Trinajstić information content (AvgIpc) is 2.95. The first kappa shape index (κ1) is 19.0. The monoisotopic (exact) mass is 365 g/mol. The van der Waals surface area contributed by atoms with Crippen LogP contribution < -0.4 is 0 Å². The van der Waals surface area contributed by atoms with Crippen LogP contribution in [0.3, 0.4) is 0 Å². The van der Waals surface area contributed by atoms with E-state index in [1.165, 1.54) is 30.0 Å². The first-order valence-corrected chi connectivity index (χ1v) is 11.7. The summed E-state index contributed by atoms with van der Waals surface area (Å²) in [7, 11) is -0.284. The van der Waals surface area contributed by atoms with Gasteiger partial charge in [0.1, 0.15) is 0 Å². The first-order valence-electron chi connectivity index (χ1n) is 8.24. The fourth-order valence-corrected chi connectivity index (χ4v) is 6.39. The molecule has 0 N–H and O–H groups in total. The zero-order valence-electron chi connectivity index (χ0n) is 14.2. The number of benzene rings is 1. The van der Waals surface area contributed by atoms with Crippen LogP contribution in [0.25, 0.3) is 10.2 Å². The summed E-state index contributed by atoms with van der Waals surface area (Å²) in [6.45, 7) is 8.65. The van der Waals surface area contributed by atoms with E-state index in [1.54, 1.807) is 11.3 Å². The van der Waals surface area contributed by atoms with Crippen molar-refractivity contribution in [2.45, 2.75) is 37.9 Å². The van der Waals surface area contributed by atoms with Crippen LogP contribution in [0.4, 0.5) is 0 Å². The number of hydrogen-bond donors (Lipinski definition) is 0. The number of allylic oxidation sites excluding steroid dienone is 1. The molecule has 0 saturated heterocycles. The normalized spacial score (nSPS) is 13.4. The molecule has 2 aromatic rings. The molecule has 23 heavy (non-hydrogen) atoms. The third-order valence-corrected chi connectivity index (χ3v) is 7.81. The molecule has 1 aromatic carbocycles. The lowest BCUT2D eigenvalue weighted by Crippen LogP contribution is -1.99. The lowest BCUT2D eigenvalue weighted by molar-refractivity contribution is 0.386. The van der Waals surface area contributed by atoms with Crippen molar-refractivity contribution in [1.82, 2.24) is 4.98 Å². The van der Waals surface area contributed by atoms with Gasteiger partial charge in [-0.05, 0) is 34.0 Å². The Hall–Kier alpha value is -0.345. The molecule has 2 nitrogen and oxygen atoms in total. The molecule has 1 aromatic heterocycles. The second kappa shape index (κ2) is 10.5. The molecule has 124 valence electrons. The number of thiazole rings is 1. The Labute approximate surface area is 150 Å². The van der Waals surface area contributed by atoms with Gasteiger partial charge in [0, 0.05) is 18.5 Å². The number of fused-ring (bicyclic) bond motifs is 1. The maximum Gasteiger partial charge on any atom is 0.187 e. The van der Waals surface area contributed by atoms with Crippen molar-refractivity contribution in [3.05, 3.63) is 35.9 Å². The minimum atomic E-state index is -0.284. The predicted octanol–water partition coefficient (Wildman–Crippen LogP) is 5.95. The number of aromatic nitrogens is 1. The van der Waals surface area contributed by atoms with Crippen LogP contribution >= 0.6 is 31.1 Å². The number of nitrogens with zero attached hydrogens (tertiary/aromatic N) is 1. The standard InChI is InChI=1S/C17H25BNOPS2/c1-4-11-18-21(20-5-2)13-14(3)10-12-22-17-19-15-8-6-7-9-16(15)23-17/h6-10,18H,4-5,11-13H2,1-3H3/b14-10+. The van der Waals surface area contributed by atoms with Gasteiger partial charge < -0.3 is 4.52 Å². The molecule has 0 fully saturated rings. The second-order valence-electron chi connectivity index (χ2n) is 5.44. The summed E-state index contributed by atoms with van der Waals surface area (Å²) in [4.78, 5) is 4.67. The summed E-state index contributed by atoms with van der Waals surface area (Å²) >= 11 is 3.61. The molecule has 0 bridgehead atoms. The Balaban J connectivity index is 1.83. The van der Waals surface area contributed by atoms with E-state index in [1.807, 2.05) is 17.8 Å². The first-order chi connectivity index (χ1) is 11.2. The molecular weight excluding hydrogens is 340 g/mol. The van der Waals surface area contributed by atoms with Crippen LogP contribution in [-0.4, -0.2) is 30.5 Å². The quantitative estimate of drug-likeness (QED) is 0.225. The average molecular weight is 365 g/mol. The van der Waals surface area contributed by atoms with Crippen LogP contribution in [-0.2, 0) is 4.52 Å². The fourth-order valence-electron chi connectivity index (χ4n) is 2.22. The van der Waals surface area contributed by atoms with Crippen LogP contribution in [0.2, 0.25) is 6.32 Å². The molecule has 0 radical (unpaired) electrons.